The molecule has 0 aliphatic rings. The lowest BCUT2D eigenvalue weighted by molar-refractivity contribution is -0.149. The fraction of sp³-hybridized carbons (Fsp3) is 0.176. The van der Waals surface area contributed by atoms with Gasteiger partial charge in [-0.25, -0.2) is 4.79 Å². The van der Waals surface area contributed by atoms with E-state index in [0.717, 1.165) is 0 Å². The molecule has 0 saturated carbocycles. The molecule has 24 heavy (non-hydrogen) atoms. The molecule has 6 nitrogen and oxygen atoms in total. The molecule has 0 atom stereocenters. The first kappa shape index (κ1) is 17.6. The lowest BCUT2D eigenvalue weighted by Crippen LogP contribution is -2.23. The third-order valence-electron chi connectivity index (χ3n) is 2.93. The van der Waals surface area contributed by atoms with E-state index in [2.05, 4.69) is 5.32 Å². The number of hydrogen-bond acceptors (Lipinski definition) is 5. The van der Waals surface area contributed by atoms with Gasteiger partial charge in [-0.1, -0.05) is 23.7 Å². The first-order chi connectivity index (χ1) is 11.6. The normalized spacial score (nSPS) is 9.92. The average molecular weight is 350 g/mol. The molecule has 0 bridgehead atoms. The number of hydrogen-bond donors (Lipinski definition) is 1. The van der Waals surface area contributed by atoms with Gasteiger partial charge in [0.05, 0.1) is 17.8 Å². The van der Waals surface area contributed by atoms with E-state index in [4.69, 9.17) is 25.8 Å². The number of halogens is 1. The zero-order valence-corrected chi connectivity index (χ0v) is 13.7. The van der Waals surface area contributed by atoms with Crippen molar-refractivity contribution in [2.24, 2.45) is 0 Å². The van der Waals surface area contributed by atoms with E-state index in [1.807, 2.05) is 0 Å². The second-order valence-corrected chi connectivity index (χ2v) is 5.06. The summed E-state index contributed by atoms with van der Waals surface area (Å²) in [7, 11) is 1.56. The van der Waals surface area contributed by atoms with Crippen molar-refractivity contribution in [3.8, 4) is 11.5 Å². The van der Waals surface area contributed by atoms with Crippen molar-refractivity contribution >= 4 is 29.2 Å². The van der Waals surface area contributed by atoms with E-state index in [0.29, 0.717) is 22.2 Å². The van der Waals surface area contributed by atoms with Gasteiger partial charge in [0.2, 0.25) is 0 Å². The Morgan fingerprint density at radius 1 is 1.00 bits per heavy atom. The molecular formula is C17H16ClNO5. The molecule has 7 heteroatoms. The van der Waals surface area contributed by atoms with Gasteiger partial charge in [0, 0.05) is 0 Å². The van der Waals surface area contributed by atoms with Gasteiger partial charge in [-0.2, -0.15) is 0 Å². The van der Waals surface area contributed by atoms with Crippen molar-refractivity contribution in [3.63, 3.8) is 0 Å². The van der Waals surface area contributed by atoms with Crippen LogP contribution in [0.1, 0.15) is 0 Å². The van der Waals surface area contributed by atoms with Crippen molar-refractivity contribution in [2.75, 3.05) is 25.6 Å². The predicted octanol–water partition coefficient (Wildman–Crippen LogP) is 2.91. The molecule has 126 valence electrons. The zero-order chi connectivity index (χ0) is 17.4. The van der Waals surface area contributed by atoms with Crippen LogP contribution in [0.3, 0.4) is 0 Å². The van der Waals surface area contributed by atoms with Crippen LogP contribution in [0.5, 0.6) is 11.5 Å². The number of amides is 1. The van der Waals surface area contributed by atoms with E-state index < -0.39 is 18.5 Å². The highest BCUT2D eigenvalue weighted by atomic mass is 35.5. The number of methoxy groups -OCH3 is 1. The molecule has 2 aromatic rings. The van der Waals surface area contributed by atoms with Gasteiger partial charge in [0.1, 0.15) is 11.5 Å². The lowest BCUT2D eigenvalue weighted by atomic mass is 10.3. The summed E-state index contributed by atoms with van der Waals surface area (Å²) >= 11 is 5.92. The van der Waals surface area contributed by atoms with Crippen molar-refractivity contribution < 1.29 is 23.8 Å². The molecule has 1 amide bonds. The number of nitrogens with one attached hydrogen (secondary N) is 1. The summed E-state index contributed by atoms with van der Waals surface area (Å²) in [5.41, 5.74) is 0.453. The number of carbonyl (C=O) groups is 2. The number of carbonyl (C=O) groups excluding carboxylic acids is 2. The Bertz CT molecular complexity index is 702. The van der Waals surface area contributed by atoms with E-state index in [1.165, 1.54) is 0 Å². The SMILES string of the molecule is COc1ccc(OCC(=O)OCC(=O)Nc2ccccc2Cl)cc1. The van der Waals surface area contributed by atoms with Crippen LogP contribution in [0.15, 0.2) is 48.5 Å². The Balaban J connectivity index is 1.72. The third kappa shape index (κ3) is 5.48. The van der Waals surface area contributed by atoms with Crippen LogP contribution in [0.25, 0.3) is 0 Å². The molecule has 0 aliphatic heterocycles. The minimum absolute atomic E-state index is 0.300. The van der Waals surface area contributed by atoms with Gasteiger partial charge >= 0.3 is 5.97 Å². The Morgan fingerprint density at radius 2 is 1.67 bits per heavy atom. The van der Waals surface area contributed by atoms with E-state index >= 15 is 0 Å². The number of esters is 1. The highest BCUT2D eigenvalue weighted by Gasteiger charge is 2.10. The standard InChI is InChI=1S/C17H16ClNO5/c1-22-12-6-8-13(9-7-12)23-11-17(21)24-10-16(20)19-15-5-3-2-4-14(15)18/h2-9H,10-11H2,1H3,(H,19,20). The number of rotatable bonds is 7. The third-order valence-corrected chi connectivity index (χ3v) is 3.26. The minimum Gasteiger partial charge on any atom is -0.497 e. The first-order valence-corrected chi connectivity index (χ1v) is 7.43. The van der Waals surface area contributed by atoms with Crippen molar-refractivity contribution in [3.05, 3.63) is 53.6 Å². The van der Waals surface area contributed by atoms with Crippen LogP contribution >= 0.6 is 11.6 Å². The Kier molecular flexibility index (Phi) is 6.45. The molecule has 0 unspecified atom stereocenters. The zero-order valence-electron chi connectivity index (χ0n) is 13.0. The number of benzene rings is 2. The van der Waals surface area contributed by atoms with E-state index in [9.17, 15) is 9.59 Å². The maximum absolute atomic E-state index is 11.7. The van der Waals surface area contributed by atoms with Gasteiger partial charge in [-0.05, 0) is 36.4 Å². The summed E-state index contributed by atoms with van der Waals surface area (Å²) in [4.78, 5) is 23.3. The van der Waals surface area contributed by atoms with E-state index in [1.54, 1.807) is 55.6 Å². The average Bonchev–Trinajstić information content (AvgIpc) is 2.60. The molecule has 0 fully saturated rings. The smallest absolute Gasteiger partial charge is 0.344 e. The predicted molar refractivity (Wildman–Crippen MR) is 89.5 cm³/mol. The molecular weight excluding hydrogens is 334 g/mol. The molecule has 2 aromatic carbocycles. The fourth-order valence-corrected chi connectivity index (χ4v) is 1.93. The summed E-state index contributed by atoms with van der Waals surface area (Å²) in [6.07, 6.45) is 0. The summed E-state index contributed by atoms with van der Waals surface area (Å²) < 4.78 is 15.1. The van der Waals surface area contributed by atoms with Gasteiger partial charge in [0.25, 0.3) is 5.91 Å². The molecule has 0 aromatic heterocycles. The van der Waals surface area contributed by atoms with E-state index in [-0.39, 0.29) is 6.61 Å². The largest absolute Gasteiger partial charge is 0.497 e. The van der Waals surface area contributed by atoms with Crippen LogP contribution in [0.2, 0.25) is 5.02 Å². The quantitative estimate of drug-likeness (QED) is 0.778. The summed E-state index contributed by atoms with van der Waals surface area (Å²) in [5, 5.41) is 2.95. The molecule has 1 N–H and O–H groups in total. The molecule has 0 aliphatic carbocycles. The monoisotopic (exact) mass is 349 g/mol. The van der Waals surface area contributed by atoms with Crippen molar-refractivity contribution in [1.82, 2.24) is 0 Å². The van der Waals surface area contributed by atoms with Gasteiger partial charge in [-0.15, -0.1) is 0 Å². The molecule has 2 rings (SSSR count). The first-order valence-electron chi connectivity index (χ1n) is 7.05. The Labute approximate surface area is 144 Å². The molecule has 0 heterocycles. The van der Waals surface area contributed by atoms with Gasteiger partial charge in [-0.3, -0.25) is 4.79 Å². The summed E-state index contributed by atoms with van der Waals surface area (Å²) in [6.45, 7) is -0.721. The van der Waals surface area contributed by atoms with Crippen LogP contribution in [0.4, 0.5) is 5.69 Å². The lowest BCUT2D eigenvalue weighted by Gasteiger charge is -2.09. The topological polar surface area (TPSA) is 73.9 Å². The molecule has 0 spiro atoms. The molecule has 0 saturated heterocycles. The van der Waals surface area contributed by atoms with Crippen molar-refractivity contribution in [1.29, 1.82) is 0 Å². The summed E-state index contributed by atoms with van der Waals surface area (Å²) in [6, 6.07) is 13.5. The fourth-order valence-electron chi connectivity index (χ4n) is 1.75. The number of ether oxygens (including phenoxy) is 3. The second kappa shape index (κ2) is 8.79. The maximum Gasteiger partial charge on any atom is 0.344 e. The maximum atomic E-state index is 11.7. The number of anilines is 1. The Morgan fingerprint density at radius 3 is 2.33 bits per heavy atom. The van der Waals surface area contributed by atoms with Gasteiger partial charge in [0.15, 0.2) is 13.2 Å². The minimum atomic E-state index is -0.653. The van der Waals surface area contributed by atoms with Crippen LogP contribution in [0, 0.1) is 0 Å². The van der Waals surface area contributed by atoms with Gasteiger partial charge < -0.3 is 19.5 Å². The summed E-state index contributed by atoms with van der Waals surface area (Å²) in [5.74, 6) is 0.0375. The Hall–Kier alpha value is -2.73. The highest BCUT2D eigenvalue weighted by molar-refractivity contribution is 6.33. The van der Waals surface area contributed by atoms with Crippen LogP contribution < -0.4 is 14.8 Å². The number of para-hydroxylation sites is 1. The second-order valence-electron chi connectivity index (χ2n) is 4.65. The van der Waals surface area contributed by atoms with Crippen LogP contribution in [-0.2, 0) is 14.3 Å². The van der Waals surface area contributed by atoms with Crippen molar-refractivity contribution in [2.45, 2.75) is 0 Å². The highest BCUT2D eigenvalue weighted by Crippen LogP contribution is 2.20. The molecule has 0 radical (unpaired) electrons. The van der Waals surface area contributed by atoms with Crippen LogP contribution in [-0.4, -0.2) is 32.2 Å².